The number of rotatable bonds is 7. The van der Waals surface area contributed by atoms with Gasteiger partial charge in [-0.1, -0.05) is 35.9 Å². The van der Waals surface area contributed by atoms with Crippen molar-refractivity contribution in [3.8, 4) is 16.9 Å². The highest BCUT2D eigenvalue weighted by molar-refractivity contribution is 7.90. The molecule has 2 aliphatic heterocycles. The third-order valence-corrected chi connectivity index (χ3v) is 10.2. The number of aromatic nitrogens is 3. The largest absolute Gasteiger partial charge is 0.379 e. The van der Waals surface area contributed by atoms with Gasteiger partial charge in [0.15, 0.2) is 21.3 Å². The number of carbonyl (C=O) groups is 1. The number of morpholine rings is 1. The van der Waals surface area contributed by atoms with Crippen molar-refractivity contribution in [2.75, 3.05) is 63.6 Å². The van der Waals surface area contributed by atoms with Gasteiger partial charge in [0, 0.05) is 57.6 Å². The minimum Gasteiger partial charge on any atom is -0.379 e. The van der Waals surface area contributed by atoms with Gasteiger partial charge in [0.05, 0.1) is 39.8 Å². The molecule has 6 rings (SSSR count). The second kappa shape index (κ2) is 13.9. The summed E-state index contributed by atoms with van der Waals surface area (Å²) in [7, 11) is -3.87. The van der Waals surface area contributed by atoms with Crippen molar-refractivity contribution in [3.05, 3.63) is 87.3 Å². The number of amides is 1. The van der Waals surface area contributed by atoms with Crippen LogP contribution in [0.25, 0.3) is 28.0 Å². The molecule has 4 aromatic rings. The van der Waals surface area contributed by atoms with Gasteiger partial charge >= 0.3 is 5.69 Å². The minimum absolute atomic E-state index is 0.00364. The first-order valence-corrected chi connectivity index (χ1v) is 18.0. The third kappa shape index (κ3) is 6.95. The number of hydrogen-bond donors (Lipinski definition) is 0. The lowest BCUT2D eigenvalue weighted by molar-refractivity contribution is -0.126. The average molecular weight is 713 g/mol. The Morgan fingerprint density at radius 2 is 1.80 bits per heavy atom. The average Bonchev–Trinajstić information content (AvgIpc) is 3.05. The summed E-state index contributed by atoms with van der Waals surface area (Å²) in [6, 6.07) is 9.15. The minimum atomic E-state index is -3.87. The number of piperazine rings is 1. The highest BCUT2D eigenvalue weighted by Crippen LogP contribution is 2.36. The summed E-state index contributed by atoms with van der Waals surface area (Å²) in [6.07, 6.45) is 4.41. The molecular formula is C34H35ClF2N6O5S. The van der Waals surface area contributed by atoms with Crippen LogP contribution >= 0.6 is 11.6 Å². The fraction of sp³-hybridized carbons (Fsp3) is 0.353. The predicted molar refractivity (Wildman–Crippen MR) is 183 cm³/mol. The number of anilines is 1. The van der Waals surface area contributed by atoms with Crippen LogP contribution in [-0.4, -0.2) is 103 Å². The van der Waals surface area contributed by atoms with Crippen LogP contribution in [0, 0.1) is 18.6 Å². The van der Waals surface area contributed by atoms with Crippen LogP contribution in [0.3, 0.4) is 0 Å². The molecule has 0 saturated carbocycles. The van der Waals surface area contributed by atoms with Crippen molar-refractivity contribution in [2.45, 2.75) is 24.8 Å². The summed E-state index contributed by atoms with van der Waals surface area (Å²) in [5.41, 5.74) is -1.36. The smallest absolute Gasteiger partial charge is 0.355 e. The van der Waals surface area contributed by atoms with Gasteiger partial charge in [-0.05, 0) is 43.7 Å². The van der Waals surface area contributed by atoms with Crippen LogP contribution in [0.15, 0.2) is 64.3 Å². The lowest BCUT2D eigenvalue weighted by Gasteiger charge is -2.40. The molecule has 15 heteroatoms. The van der Waals surface area contributed by atoms with Crippen LogP contribution < -0.4 is 10.6 Å². The summed E-state index contributed by atoms with van der Waals surface area (Å²) >= 11 is 6.31. The quantitative estimate of drug-likeness (QED) is 0.262. The Hall–Kier alpha value is -4.24. The summed E-state index contributed by atoms with van der Waals surface area (Å²) in [5.74, 6) is -1.80. The number of ether oxygens (including phenoxy) is 1. The predicted octanol–water partition coefficient (Wildman–Crippen LogP) is 4.02. The molecule has 2 aliphatic rings. The van der Waals surface area contributed by atoms with Crippen LogP contribution in [0.4, 0.5) is 14.6 Å². The second-order valence-corrected chi connectivity index (χ2v) is 14.6. The number of pyridine rings is 1. The van der Waals surface area contributed by atoms with E-state index in [0.717, 1.165) is 36.0 Å². The number of aryl methyl sites for hydroxylation is 1. The maximum absolute atomic E-state index is 16.0. The van der Waals surface area contributed by atoms with E-state index in [1.807, 2.05) is 13.0 Å². The molecule has 2 saturated heterocycles. The molecule has 2 fully saturated rings. The second-order valence-electron chi connectivity index (χ2n) is 12.2. The lowest BCUT2D eigenvalue weighted by atomic mass is 10.1. The van der Waals surface area contributed by atoms with Gasteiger partial charge in [-0.2, -0.15) is 4.98 Å². The van der Waals surface area contributed by atoms with Gasteiger partial charge in [0.25, 0.3) is 0 Å². The number of carbonyl (C=O) groups excluding carboxylic acids is 1. The monoisotopic (exact) mass is 712 g/mol. The number of benzene rings is 2. The zero-order valence-electron chi connectivity index (χ0n) is 27.2. The Bertz CT molecular complexity index is 2120. The Morgan fingerprint density at radius 3 is 2.49 bits per heavy atom. The van der Waals surface area contributed by atoms with E-state index in [2.05, 4.69) is 14.9 Å². The number of fused-ring (bicyclic) bond motifs is 1. The van der Waals surface area contributed by atoms with E-state index in [4.69, 9.17) is 16.3 Å². The van der Waals surface area contributed by atoms with Crippen molar-refractivity contribution < 1.29 is 26.7 Å². The summed E-state index contributed by atoms with van der Waals surface area (Å²) in [6.45, 7) is 7.91. The number of para-hydroxylation sites is 1. The first-order valence-electron chi connectivity index (χ1n) is 15.7. The molecule has 2 aromatic heterocycles. The Labute approximate surface area is 287 Å². The maximum atomic E-state index is 16.0. The third-order valence-electron chi connectivity index (χ3n) is 8.76. The maximum Gasteiger partial charge on any atom is 0.355 e. The van der Waals surface area contributed by atoms with Gasteiger partial charge < -0.3 is 14.5 Å². The fourth-order valence-electron chi connectivity index (χ4n) is 6.31. The van der Waals surface area contributed by atoms with Crippen LogP contribution in [0.1, 0.15) is 12.5 Å². The van der Waals surface area contributed by atoms with Gasteiger partial charge in [-0.3, -0.25) is 9.69 Å². The molecule has 11 nitrogen and oxygen atoms in total. The standard InChI is InChI=1S/C34H35ClF2N6O5S/c1-21-7-4-10-27(49(3,46)47)31(21)43-33-23(19-26(37)30(38-33)29-24(35)8-5-9-25(29)36)32(39-34(43)45)42-14-13-41(20-22(42)2)28(44)11-6-12-40-15-17-48-18-16-40/h4-11,19,22H,12-18,20H2,1-3H3/b11-6+/t22-/m0/s1. The zero-order valence-corrected chi connectivity index (χ0v) is 28.8. The molecule has 0 N–H and O–H groups in total. The molecule has 0 bridgehead atoms. The number of sulfone groups is 1. The summed E-state index contributed by atoms with van der Waals surface area (Å²) in [4.78, 5) is 41.5. The highest BCUT2D eigenvalue weighted by Gasteiger charge is 2.31. The van der Waals surface area contributed by atoms with Gasteiger partial charge in [0.1, 0.15) is 17.3 Å². The van der Waals surface area contributed by atoms with Gasteiger partial charge in [-0.25, -0.2) is 31.5 Å². The van der Waals surface area contributed by atoms with Crippen molar-refractivity contribution in [1.29, 1.82) is 0 Å². The lowest BCUT2D eigenvalue weighted by Crippen LogP contribution is -2.54. The van der Waals surface area contributed by atoms with E-state index in [-0.39, 0.29) is 56.5 Å². The van der Waals surface area contributed by atoms with Crippen molar-refractivity contribution in [3.63, 3.8) is 0 Å². The number of hydrogen-bond acceptors (Lipinski definition) is 9. The van der Waals surface area contributed by atoms with E-state index in [9.17, 15) is 18.0 Å². The van der Waals surface area contributed by atoms with Crippen molar-refractivity contribution in [1.82, 2.24) is 24.3 Å². The Kier molecular flexibility index (Phi) is 9.85. The van der Waals surface area contributed by atoms with E-state index in [0.29, 0.717) is 38.4 Å². The van der Waals surface area contributed by atoms with E-state index in [1.165, 1.54) is 18.2 Å². The zero-order chi connectivity index (χ0) is 35.0. The summed E-state index contributed by atoms with van der Waals surface area (Å²) < 4.78 is 63.3. The van der Waals surface area contributed by atoms with Crippen LogP contribution in [-0.2, 0) is 19.4 Å². The van der Waals surface area contributed by atoms with Crippen LogP contribution in [0.5, 0.6) is 0 Å². The number of halogens is 3. The number of nitrogens with zero attached hydrogens (tertiary/aromatic N) is 6. The fourth-order valence-corrected chi connectivity index (χ4v) is 7.49. The molecule has 49 heavy (non-hydrogen) atoms. The Morgan fingerprint density at radius 1 is 1.06 bits per heavy atom. The first-order chi connectivity index (χ1) is 23.3. The summed E-state index contributed by atoms with van der Waals surface area (Å²) in [5, 5.41) is -0.0110. The van der Waals surface area contributed by atoms with Gasteiger partial charge in [0.2, 0.25) is 5.91 Å². The molecule has 2 aromatic carbocycles. The normalized spacial score (nSPS) is 17.7. The molecule has 0 radical (unpaired) electrons. The molecule has 0 spiro atoms. The van der Waals surface area contributed by atoms with Crippen LogP contribution in [0.2, 0.25) is 5.02 Å². The van der Waals surface area contributed by atoms with Gasteiger partial charge in [-0.15, -0.1) is 0 Å². The van der Waals surface area contributed by atoms with Crippen molar-refractivity contribution >= 4 is 44.2 Å². The van der Waals surface area contributed by atoms with E-state index in [1.54, 1.807) is 34.9 Å². The molecular weight excluding hydrogens is 678 g/mol. The first kappa shape index (κ1) is 34.6. The molecule has 1 amide bonds. The van der Waals surface area contributed by atoms with E-state index < -0.39 is 32.9 Å². The molecule has 4 heterocycles. The van der Waals surface area contributed by atoms with Crippen molar-refractivity contribution in [2.24, 2.45) is 0 Å². The SMILES string of the molecule is Cc1cccc(S(C)(=O)=O)c1-n1c(=O)nc(N2CCN(C(=O)/C=C/CN3CCOCC3)C[C@@H]2C)c2cc(F)c(-c3c(F)cccc3Cl)nc21. The topological polar surface area (TPSA) is 118 Å². The molecule has 1 atom stereocenters. The molecule has 258 valence electrons. The molecule has 0 unspecified atom stereocenters. The van der Waals surface area contributed by atoms with E-state index >= 15 is 8.78 Å². The molecule has 0 aliphatic carbocycles. The highest BCUT2D eigenvalue weighted by atomic mass is 35.5. The Balaban J connectivity index is 1.45.